The number of carbonyl (C=O) groups is 1. The summed E-state index contributed by atoms with van der Waals surface area (Å²) in [7, 11) is 0. The van der Waals surface area contributed by atoms with Crippen molar-refractivity contribution in [3.05, 3.63) is 53.9 Å². The van der Waals surface area contributed by atoms with E-state index in [9.17, 15) is 4.79 Å². The van der Waals surface area contributed by atoms with Crippen LogP contribution in [0.5, 0.6) is 0 Å². The number of nitrogen functional groups attached to an aromatic ring is 1. The Labute approximate surface area is 125 Å². The molecule has 0 spiro atoms. The Bertz CT molecular complexity index is 785. The van der Waals surface area contributed by atoms with Crippen LogP contribution in [0.25, 0.3) is 10.2 Å². The van der Waals surface area contributed by atoms with Gasteiger partial charge in [0, 0.05) is 18.0 Å². The lowest BCUT2D eigenvalue weighted by molar-refractivity contribution is 0.0940. The highest BCUT2D eigenvalue weighted by Gasteiger charge is 2.12. The van der Waals surface area contributed by atoms with Crippen molar-refractivity contribution in [3.63, 3.8) is 0 Å². The molecule has 106 valence electrons. The summed E-state index contributed by atoms with van der Waals surface area (Å²) in [4.78, 5) is 20.5. The highest BCUT2D eigenvalue weighted by Crippen LogP contribution is 2.24. The van der Waals surface area contributed by atoms with Gasteiger partial charge >= 0.3 is 0 Å². The zero-order chi connectivity index (χ0) is 14.8. The Morgan fingerprint density at radius 3 is 2.81 bits per heavy atom. The zero-order valence-corrected chi connectivity index (χ0v) is 12.2. The van der Waals surface area contributed by atoms with Crippen LogP contribution in [0.3, 0.4) is 0 Å². The molecule has 0 saturated heterocycles. The van der Waals surface area contributed by atoms with Crippen molar-refractivity contribution >= 4 is 32.6 Å². The summed E-state index contributed by atoms with van der Waals surface area (Å²) >= 11 is 1.38. The third kappa shape index (κ3) is 2.85. The van der Waals surface area contributed by atoms with Gasteiger partial charge in [0.1, 0.15) is 0 Å². The number of hydrogen-bond acceptors (Lipinski definition) is 5. The van der Waals surface area contributed by atoms with Crippen molar-refractivity contribution in [2.75, 3.05) is 5.73 Å². The Morgan fingerprint density at radius 1 is 1.29 bits per heavy atom. The molecule has 3 N–H and O–H groups in total. The summed E-state index contributed by atoms with van der Waals surface area (Å²) in [5, 5.41) is 3.48. The van der Waals surface area contributed by atoms with E-state index < -0.39 is 0 Å². The van der Waals surface area contributed by atoms with Crippen molar-refractivity contribution in [3.8, 4) is 0 Å². The molecule has 0 aliphatic rings. The van der Waals surface area contributed by atoms with E-state index in [1.165, 1.54) is 11.3 Å². The molecule has 1 unspecified atom stereocenters. The number of nitrogens with zero attached hydrogens (tertiary/aromatic N) is 2. The van der Waals surface area contributed by atoms with E-state index in [1.807, 2.05) is 31.2 Å². The van der Waals surface area contributed by atoms with Crippen molar-refractivity contribution < 1.29 is 4.79 Å². The molecular formula is C15H14N4OS. The van der Waals surface area contributed by atoms with Gasteiger partial charge in [-0.25, -0.2) is 4.98 Å². The van der Waals surface area contributed by atoms with E-state index in [0.717, 1.165) is 15.8 Å². The SMILES string of the molecule is CC(NC(=O)c1ccc2nc(N)sc2c1)c1ccncc1. The number of nitrogens with two attached hydrogens (primary N) is 1. The average molecular weight is 298 g/mol. The Kier molecular flexibility index (Phi) is 3.53. The maximum atomic E-state index is 12.3. The zero-order valence-electron chi connectivity index (χ0n) is 11.4. The average Bonchev–Trinajstić information content (AvgIpc) is 2.87. The molecule has 1 amide bonds. The van der Waals surface area contributed by atoms with Crippen molar-refractivity contribution in [1.29, 1.82) is 0 Å². The molecule has 0 aliphatic carbocycles. The molecule has 2 heterocycles. The number of thiazole rings is 1. The van der Waals surface area contributed by atoms with E-state index in [2.05, 4.69) is 15.3 Å². The predicted octanol–water partition coefficient (Wildman–Crippen LogP) is 2.76. The summed E-state index contributed by atoms with van der Waals surface area (Å²) in [6, 6.07) is 9.08. The highest BCUT2D eigenvalue weighted by atomic mass is 32.1. The van der Waals surface area contributed by atoms with Crippen LogP contribution < -0.4 is 11.1 Å². The minimum Gasteiger partial charge on any atom is -0.375 e. The van der Waals surface area contributed by atoms with Gasteiger partial charge in [-0.3, -0.25) is 9.78 Å². The second-order valence-electron chi connectivity index (χ2n) is 4.71. The van der Waals surface area contributed by atoms with E-state index in [0.29, 0.717) is 10.7 Å². The molecule has 0 radical (unpaired) electrons. The number of nitrogens with one attached hydrogen (secondary N) is 1. The van der Waals surface area contributed by atoms with Gasteiger partial charge in [0.2, 0.25) is 0 Å². The lowest BCUT2D eigenvalue weighted by atomic mass is 10.1. The first-order chi connectivity index (χ1) is 10.1. The van der Waals surface area contributed by atoms with E-state index in [1.54, 1.807) is 18.5 Å². The van der Waals surface area contributed by atoms with Gasteiger partial charge in [0.25, 0.3) is 5.91 Å². The molecule has 1 aromatic carbocycles. The van der Waals surface area contributed by atoms with Crippen LogP contribution in [0.4, 0.5) is 5.13 Å². The second kappa shape index (κ2) is 5.49. The second-order valence-corrected chi connectivity index (χ2v) is 5.77. The third-order valence-electron chi connectivity index (χ3n) is 3.22. The molecule has 21 heavy (non-hydrogen) atoms. The highest BCUT2D eigenvalue weighted by molar-refractivity contribution is 7.22. The van der Waals surface area contributed by atoms with Crippen LogP contribution in [0.1, 0.15) is 28.9 Å². The maximum Gasteiger partial charge on any atom is 0.251 e. The van der Waals surface area contributed by atoms with Crippen molar-refractivity contribution in [2.24, 2.45) is 0 Å². The number of aromatic nitrogens is 2. The summed E-state index contributed by atoms with van der Waals surface area (Å²) in [5.74, 6) is -0.117. The van der Waals surface area contributed by atoms with Crippen LogP contribution in [0.2, 0.25) is 0 Å². The van der Waals surface area contributed by atoms with E-state index >= 15 is 0 Å². The number of pyridine rings is 1. The Morgan fingerprint density at radius 2 is 2.05 bits per heavy atom. The molecule has 3 rings (SSSR count). The minimum absolute atomic E-state index is 0.0808. The van der Waals surface area contributed by atoms with Gasteiger partial charge in [-0.2, -0.15) is 0 Å². The van der Waals surface area contributed by atoms with E-state index in [4.69, 9.17) is 5.73 Å². The van der Waals surface area contributed by atoms with Gasteiger partial charge < -0.3 is 11.1 Å². The predicted molar refractivity (Wildman–Crippen MR) is 84.2 cm³/mol. The van der Waals surface area contributed by atoms with E-state index in [-0.39, 0.29) is 11.9 Å². The van der Waals surface area contributed by atoms with Gasteiger partial charge in [-0.1, -0.05) is 11.3 Å². The number of benzene rings is 1. The van der Waals surface area contributed by atoms with Crippen LogP contribution in [0.15, 0.2) is 42.7 Å². The maximum absolute atomic E-state index is 12.3. The molecule has 0 fully saturated rings. The van der Waals surface area contributed by atoms with Gasteiger partial charge in [-0.15, -0.1) is 0 Å². The largest absolute Gasteiger partial charge is 0.375 e. The van der Waals surface area contributed by atoms with Gasteiger partial charge in [0.05, 0.1) is 16.3 Å². The molecule has 5 nitrogen and oxygen atoms in total. The number of amides is 1. The quantitative estimate of drug-likeness (QED) is 0.779. The molecule has 0 aliphatic heterocycles. The number of anilines is 1. The first-order valence-electron chi connectivity index (χ1n) is 6.50. The summed E-state index contributed by atoms with van der Waals surface area (Å²) < 4.78 is 0.914. The normalized spacial score (nSPS) is 12.2. The smallest absolute Gasteiger partial charge is 0.251 e. The molecule has 3 aromatic rings. The van der Waals surface area contributed by atoms with Crippen molar-refractivity contribution in [2.45, 2.75) is 13.0 Å². The summed E-state index contributed by atoms with van der Waals surface area (Å²) in [5.41, 5.74) is 8.11. The first kappa shape index (κ1) is 13.5. The number of fused-ring (bicyclic) bond motifs is 1. The standard InChI is InChI=1S/C15H14N4OS/c1-9(10-4-6-17-7-5-10)18-14(20)11-2-3-12-13(8-11)21-15(16)19-12/h2-9H,1H3,(H2,16,19)(H,18,20). The summed E-state index contributed by atoms with van der Waals surface area (Å²) in [6.07, 6.45) is 3.42. The fourth-order valence-electron chi connectivity index (χ4n) is 2.10. The fourth-order valence-corrected chi connectivity index (χ4v) is 2.87. The van der Waals surface area contributed by atoms with Crippen LogP contribution in [0, 0.1) is 0 Å². The molecule has 0 bridgehead atoms. The molecule has 0 saturated carbocycles. The number of rotatable bonds is 3. The number of hydrogen-bond donors (Lipinski definition) is 2. The number of carbonyl (C=O) groups excluding carboxylic acids is 1. The molecule has 2 aromatic heterocycles. The molecule has 1 atom stereocenters. The summed E-state index contributed by atoms with van der Waals surface area (Å²) in [6.45, 7) is 1.94. The van der Waals surface area contributed by atoms with Crippen LogP contribution in [-0.2, 0) is 0 Å². The molecular weight excluding hydrogens is 284 g/mol. The molecule has 6 heteroatoms. The fraction of sp³-hybridized carbons (Fsp3) is 0.133. The minimum atomic E-state index is -0.117. The lowest BCUT2D eigenvalue weighted by Gasteiger charge is -2.14. The third-order valence-corrected chi connectivity index (χ3v) is 4.07. The Hall–Kier alpha value is -2.47. The van der Waals surface area contributed by atoms with Crippen molar-refractivity contribution in [1.82, 2.24) is 15.3 Å². The van der Waals surface area contributed by atoms with Crippen LogP contribution in [-0.4, -0.2) is 15.9 Å². The van der Waals surface area contributed by atoms with Gasteiger partial charge in [-0.05, 0) is 42.8 Å². The Balaban J connectivity index is 1.80. The monoisotopic (exact) mass is 298 g/mol. The van der Waals surface area contributed by atoms with Crippen LogP contribution >= 0.6 is 11.3 Å². The topological polar surface area (TPSA) is 80.9 Å². The van der Waals surface area contributed by atoms with Gasteiger partial charge in [0.15, 0.2) is 5.13 Å². The lowest BCUT2D eigenvalue weighted by Crippen LogP contribution is -2.26. The first-order valence-corrected chi connectivity index (χ1v) is 7.32.